The van der Waals surface area contributed by atoms with E-state index in [0.717, 1.165) is 48.5 Å². The van der Waals surface area contributed by atoms with Crippen molar-refractivity contribution in [1.82, 2.24) is 4.90 Å². The van der Waals surface area contributed by atoms with Crippen molar-refractivity contribution in [1.29, 1.82) is 0 Å². The molecule has 1 heterocycles. The molecule has 0 fully saturated rings. The van der Waals surface area contributed by atoms with E-state index in [1.54, 1.807) is 0 Å². The third kappa shape index (κ3) is 5.77. The number of benzene rings is 3. The van der Waals surface area contributed by atoms with E-state index < -0.39 is 0 Å². The van der Waals surface area contributed by atoms with Gasteiger partial charge in [-0.25, -0.2) is 0 Å². The van der Waals surface area contributed by atoms with Crippen molar-refractivity contribution >= 4 is 11.6 Å². The fraction of sp³-hybridized carbons (Fsp3) is 0.321. The van der Waals surface area contributed by atoms with E-state index >= 15 is 0 Å². The largest absolute Gasteiger partial charge is 0.489 e. The van der Waals surface area contributed by atoms with Crippen LogP contribution in [-0.4, -0.2) is 38.0 Å². The minimum Gasteiger partial charge on any atom is -0.489 e. The van der Waals surface area contributed by atoms with Gasteiger partial charge in [0.1, 0.15) is 12.4 Å². The Morgan fingerprint density at radius 3 is 2.41 bits per heavy atom. The number of para-hydroxylation sites is 1. The molecule has 1 aliphatic rings. The summed E-state index contributed by atoms with van der Waals surface area (Å²) in [6, 6.07) is 26.6. The van der Waals surface area contributed by atoms with Crippen molar-refractivity contribution in [2.24, 2.45) is 5.92 Å². The number of hydrogen-bond donors (Lipinski definition) is 0. The molecule has 0 radical (unpaired) electrons. The first-order chi connectivity index (χ1) is 15.6. The Hall–Kier alpha value is -3.11. The molecule has 1 aliphatic heterocycles. The molecular weight excluding hydrogens is 396 g/mol. The summed E-state index contributed by atoms with van der Waals surface area (Å²) >= 11 is 0. The summed E-state index contributed by atoms with van der Waals surface area (Å²) in [5.41, 5.74) is 4.66. The van der Waals surface area contributed by atoms with Gasteiger partial charge in [-0.1, -0.05) is 60.7 Å². The highest BCUT2D eigenvalue weighted by Gasteiger charge is 2.28. The van der Waals surface area contributed by atoms with Crippen LogP contribution in [0.25, 0.3) is 0 Å². The summed E-state index contributed by atoms with van der Waals surface area (Å²) in [6.45, 7) is 2.34. The monoisotopic (exact) mass is 428 g/mol. The standard InChI is InChI=1S/C28H32N2O2/c1-29(2)19-24-18-25-10-6-7-11-27(25)30(20-24)28(31)17-14-22-12-15-26(16-13-22)32-21-23-8-4-3-5-9-23/h3-13,15-16,24H,14,17-21H2,1-2H3. The first-order valence-electron chi connectivity index (χ1n) is 11.4. The molecule has 1 unspecified atom stereocenters. The Balaban J connectivity index is 1.34. The highest BCUT2D eigenvalue weighted by Crippen LogP contribution is 2.30. The normalized spacial score (nSPS) is 15.5. The van der Waals surface area contributed by atoms with Crippen molar-refractivity contribution in [3.8, 4) is 5.75 Å². The van der Waals surface area contributed by atoms with Crippen LogP contribution in [0.15, 0.2) is 78.9 Å². The van der Waals surface area contributed by atoms with Crippen LogP contribution < -0.4 is 9.64 Å². The average molecular weight is 429 g/mol. The maximum absolute atomic E-state index is 13.2. The Bertz CT molecular complexity index is 1020. The van der Waals surface area contributed by atoms with Crippen LogP contribution in [0, 0.1) is 5.92 Å². The van der Waals surface area contributed by atoms with Gasteiger partial charge in [-0.2, -0.15) is 0 Å². The molecule has 3 aromatic carbocycles. The second kappa shape index (κ2) is 10.5. The van der Waals surface area contributed by atoms with Crippen molar-refractivity contribution in [2.45, 2.75) is 25.9 Å². The van der Waals surface area contributed by atoms with Crippen molar-refractivity contribution in [3.63, 3.8) is 0 Å². The highest BCUT2D eigenvalue weighted by atomic mass is 16.5. The van der Waals surface area contributed by atoms with E-state index in [1.165, 1.54) is 5.56 Å². The third-order valence-corrected chi connectivity index (χ3v) is 5.96. The lowest BCUT2D eigenvalue weighted by atomic mass is 9.91. The number of ether oxygens (including phenoxy) is 1. The van der Waals surface area contributed by atoms with Gasteiger partial charge in [0.2, 0.25) is 5.91 Å². The minimum absolute atomic E-state index is 0.199. The molecule has 0 aromatic heterocycles. The molecule has 166 valence electrons. The molecule has 4 nitrogen and oxygen atoms in total. The lowest BCUT2D eigenvalue weighted by Crippen LogP contribution is -2.43. The Morgan fingerprint density at radius 2 is 1.66 bits per heavy atom. The maximum Gasteiger partial charge on any atom is 0.227 e. The van der Waals surface area contributed by atoms with E-state index in [4.69, 9.17) is 4.74 Å². The molecule has 1 amide bonds. The third-order valence-electron chi connectivity index (χ3n) is 5.96. The van der Waals surface area contributed by atoms with Crippen molar-refractivity contribution in [2.75, 3.05) is 32.1 Å². The van der Waals surface area contributed by atoms with Gasteiger partial charge in [0.05, 0.1) is 0 Å². The van der Waals surface area contributed by atoms with Crippen LogP contribution in [-0.2, 0) is 24.2 Å². The molecule has 3 aromatic rings. The molecule has 0 N–H and O–H groups in total. The topological polar surface area (TPSA) is 32.8 Å². The van der Waals surface area contributed by atoms with E-state index in [9.17, 15) is 4.79 Å². The summed E-state index contributed by atoms with van der Waals surface area (Å²) < 4.78 is 5.87. The molecule has 0 saturated carbocycles. The zero-order valence-electron chi connectivity index (χ0n) is 19.0. The van der Waals surface area contributed by atoms with Gasteiger partial charge in [-0.15, -0.1) is 0 Å². The van der Waals surface area contributed by atoms with Crippen LogP contribution in [0.3, 0.4) is 0 Å². The van der Waals surface area contributed by atoms with Gasteiger partial charge in [-0.05, 0) is 67.7 Å². The van der Waals surface area contributed by atoms with Gasteiger partial charge in [0.15, 0.2) is 0 Å². The molecule has 1 atom stereocenters. The van der Waals surface area contributed by atoms with E-state index in [1.807, 2.05) is 41.3 Å². The molecule has 0 spiro atoms. The lowest BCUT2D eigenvalue weighted by molar-refractivity contribution is -0.118. The minimum atomic E-state index is 0.199. The Kier molecular flexibility index (Phi) is 7.23. The quantitative estimate of drug-likeness (QED) is 0.508. The lowest BCUT2D eigenvalue weighted by Gasteiger charge is -2.36. The van der Waals surface area contributed by atoms with Gasteiger partial charge < -0.3 is 14.5 Å². The Morgan fingerprint density at radius 1 is 0.938 bits per heavy atom. The number of anilines is 1. The zero-order chi connectivity index (χ0) is 22.3. The molecule has 32 heavy (non-hydrogen) atoms. The predicted octanol–water partition coefficient (Wildman–Crippen LogP) is 4.97. The van der Waals surface area contributed by atoms with Crippen molar-refractivity contribution in [3.05, 3.63) is 95.6 Å². The average Bonchev–Trinajstić information content (AvgIpc) is 2.81. The molecule has 0 aliphatic carbocycles. The molecule has 0 bridgehead atoms. The number of amides is 1. The van der Waals surface area contributed by atoms with Gasteiger partial charge in [0, 0.05) is 25.2 Å². The fourth-order valence-electron chi connectivity index (χ4n) is 4.43. The second-order valence-corrected chi connectivity index (χ2v) is 8.88. The second-order valence-electron chi connectivity index (χ2n) is 8.88. The number of hydrogen-bond acceptors (Lipinski definition) is 3. The van der Waals surface area contributed by atoms with E-state index in [0.29, 0.717) is 18.9 Å². The van der Waals surface area contributed by atoms with Crippen molar-refractivity contribution < 1.29 is 9.53 Å². The molecule has 0 saturated heterocycles. The van der Waals surface area contributed by atoms with Gasteiger partial charge >= 0.3 is 0 Å². The van der Waals surface area contributed by atoms with Crippen LogP contribution in [0.2, 0.25) is 0 Å². The smallest absolute Gasteiger partial charge is 0.227 e. The van der Waals surface area contributed by atoms with Gasteiger partial charge in [0.25, 0.3) is 0 Å². The summed E-state index contributed by atoms with van der Waals surface area (Å²) in [6.07, 6.45) is 2.27. The molecular formula is C28H32N2O2. The summed E-state index contributed by atoms with van der Waals surface area (Å²) in [5.74, 6) is 1.51. The number of carbonyl (C=O) groups is 1. The number of carbonyl (C=O) groups excluding carboxylic acids is 1. The zero-order valence-corrected chi connectivity index (χ0v) is 19.0. The number of rotatable bonds is 8. The molecule has 4 heteroatoms. The fourth-order valence-corrected chi connectivity index (χ4v) is 4.43. The van der Waals surface area contributed by atoms with Gasteiger partial charge in [-0.3, -0.25) is 4.79 Å². The summed E-state index contributed by atoms with van der Waals surface area (Å²) in [5, 5.41) is 0. The number of nitrogens with zero attached hydrogens (tertiary/aromatic N) is 2. The number of aryl methyl sites for hydroxylation is 1. The van der Waals surface area contributed by atoms with E-state index in [-0.39, 0.29) is 5.91 Å². The first kappa shape index (κ1) is 22.1. The maximum atomic E-state index is 13.2. The van der Waals surface area contributed by atoms with Crippen LogP contribution in [0.5, 0.6) is 5.75 Å². The highest BCUT2D eigenvalue weighted by molar-refractivity contribution is 5.94. The SMILES string of the molecule is CN(C)CC1Cc2ccccc2N(C(=O)CCc2ccc(OCc3ccccc3)cc2)C1. The van der Waals surface area contributed by atoms with E-state index in [2.05, 4.69) is 61.5 Å². The summed E-state index contributed by atoms with van der Waals surface area (Å²) in [4.78, 5) is 17.4. The predicted molar refractivity (Wildman–Crippen MR) is 130 cm³/mol. The Labute approximate surface area is 191 Å². The number of fused-ring (bicyclic) bond motifs is 1. The van der Waals surface area contributed by atoms with Crippen LogP contribution in [0.4, 0.5) is 5.69 Å². The van der Waals surface area contributed by atoms with Crippen LogP contribution in [0.1, 0.15) is 23.1 Å². The molecule has 4 rings (SSSR count). The van der Waals surface area contributed by atoms with Crippen LogP contribution >= 0.6 is 0 Å². The summed E-state index contributed by atoms with van der Waals surface area (Å²) in [7, 11) is 4.19. The first-order valence-corrected chi connectivity index (χ1v) is 11.4.